The number of nitrogens with one attached hydrogen (secondary N) is 3. The van der Waals surface area contributed by atoms with Crippen molar-refractivity contribution in [2.24, 2.45) is 4.99 Å². The number of hydrogen-bond donors (Lipinski definition) is 3. The van der Waals surface area contributed by atoms with Crippen LogP contribution >= 0.6 is 0 Å². The summed E-state index contributed by atoms with van der Waals surface area (Å²) in [7, 11) is 0. The van der Waals surface area contributed by atoms with Crippen LogP contribution in [0.25, 0.3) is 11.3 Å². The first-order valence-corrected chi connectivity index (χ1v) is 6.53. The molecule has 3 rings (SSSR count). The van der Waals surface area contributed by atoms with Crippen LogP contribution in [0.5, 0.6) is 0 Å². The summed E-state index contributed by atoms with van der Waals surface area (Å²) in [6, 6.07) is 10.2. The van der Waals surface area contributed by atoms with Gasteiger partial charge in [0, 0.05) is 13.1 Å². The maximum atomic E-state index is 4.38. The molecule has 0 bridgehead atoms. The Morgan fingerprint density at radius 1 is 1.21 bits per heavy atom. The number of benzene rings is 1. The zero-order valence-corrected chi connectivity index (χ0v) is 10.7. The first-order valence-electron chi connectivity index (χ1n) is 6.53. The van der Waals surface area contributed by atoms with Crippen molar-refractivity contribution in [3.63, 3.8) is 0 Å². The van der Waals surface area contributed by atoms with Crippen LogP contribution in [0.15, 0.2) is 41.5 Å². The van der Waals surface area contributed by atoms with Crippen molar-refractivity contribution in [2.45, 2.75) is 13.0 Å². The van der Waals surface area contributed by atoms with Gasteiger partial charge in [-0.3, -0.25) is 4.99 Å². The van der Waals surface area contributed by atoms with Gasteiger partial charge in [0.25, 0.3) is 0 Å². The van der Waals surface area contributed by atoms with E-state index in [1.807, 2.05) is 24.4 Å². The standard InChI is InChI=1S/C14H17N5/c1-2-5-11(6-3-1)12-9-17-13(19-12)10-18-14-15-7-4-8-16-14/h1-3,5-6,9H,4,7-8,10H2,(H,17,19)(H2,15,16,18). The van der Waals surface area contributed by atoms with Crippen molar-refractivity contribution in [3.05, 3.63) is 42.4 Å². The van der Waals surface area contributed by atoms with Crippen LogP contribution in [-0.4, -0.2) is 29.0 Å². The largest absolute Gasteiger partial charge is 0.356 e. The van der Waals surface area contributed by atoms with Crippen molar-refractivity contribution in [1.82, 2.24) is 20.6 Å². The molecule has 98 valence electrons. The van der Waals surface area contributed by atoms with E-state index in [1.54, 1.807) is 0 Å². The molecular weight excluding hydrogens is 238 g/mol. The van der Waals surface area contributed by atoms with Gasteiger partial charge in [-0.25, -0.2) is 4.98 Å². The van der Waals surface area contributed by atoms with Crippen LogP contribution < -0.4 is 10.6 Å². The van der Waals surface area contributed by atoms with Crippen LogP contribution in [0.3, 0.4) is 0 Å². The predicted molar refractivity (Wildman–Crippen MR) is 75.8 cm³/mol. The average Bonchev–Trinajstić information content (AvgIpc) is 2.96. The van der Waals surface area contributed by atoms with Gasteiger partial charge < -0.3 is 15.6 Å². The molecule has 0 amide bonds. The molecule has 1 aliphatic heterocycles. The summed E-state index contributed by atoms with van der Waals surface area (Å²) in [6.07, 6.45) is 2.96. The van der Waals surface area contributed by atoms with Gasteiger partial charge in [-0.2, -0.15) is 0 Å². The summed E-state index contributed by atoms with van der Waals surface area (Å²) >= 11 is 0. The quantitative estimate of drug-likeness (QED) is 0.779. The minimum atomic E-state index is 0.651. The van der Waals surface area contributed by atoms with Crippen LogP contribution in [0.2, 0.25) is 0 Å². The lowest BCUT2D eigenvalue weighted by Crippen LogP contribution is -2.40. The van der Waals surface area contributed by atoms with E-state index in [9.17, 15) is 0 Å². The Bertz CT molecular complexity index is 558. The highest BCUT2D eigenvalue weighted by molar-refractivity contribution is 5.80. The molecule has 2 aromatic rings. The maximum Gasteiger partial charge on any atom is 0.191 e. The number of aliphatic imine (C=N–C) groups is 1. The summed E-state index contributed by atoms with van der Waals surface area (Å²) in [5.74, 6) is 1.78. The summed E-state index contributed by atoms with van der Waals surface area (Å²) < 4.78 is 0. The molecule has 1 aromatic heterocycles. The highest BCUT2D eigenvalue weighted by atomic mass is 15.2. The van der Waals surface area contributed by atoms with Crippen molar-refractivity contribution in [1.29, 1.82) is 0 Å². The Balaban J connectivity index is 1.64. The second-order valence-electron chi connectivity index (χ2n) is 4.47. The van der Waals surface area contributed by atoms with E-state index < -0.39 is 0 Å². The molecule has 0 saturated heterocycles. The Kier molecular flexibility index (Phi) is 3.45. The fourth-order valence-electron chi connectivity index (χ4n) is 2.04. The molecule has 5 nitrogen and oxygen atoms in total. The normalized spacial score (nSPS) is 14.6. The number of nitrogens with zero attached hydrogens (tertiary/aromatic N) is 2. The summed E-state index contributed by atoms with van der Waals surface area (Å²) in [5, 5.41) is 6.47. The first kappa shape index (κ1) is 11.8. The van der Waals surface area contributed by atoms with Gasteiger partial charge in [0.05, 0.1) is 18.4 Å². The topological polar surface area (TPSA) is 65.1 Å². The van der Waals surface area contributed by atoms with Crippen LogP contribution in [0, 0.1) is 0 Å². The molecule has 0 radical (unpaired) electrons. The minimum Gasteiger partial charge on any atom is -0.356 e. The molecule has 19 heavy (non-hydrogen) atoms. The van der Waals surface area contributed by atoms with Crippen molar-refractivity contribution in [2.75, 3.05) is 13.1 Å². The number of H-pyrrole nitrogens is 1. The Hall–Kier alpha value is -2.30. The molecule has 0 saturated carbocycles. The molecule has 3 N–H and O–H groups in total. The lowest BCUT2D eigenvalue weighted by molar-refractivity contribution is 0.695. The number of rotatable bonds is 3. The maximum absolute atomic E-state index is 4.38. The van der Waals surface area contributed by atoms with Crippen molar-refractivity contribution >= 4 is 5.96 Å². The monoisotopic (exact) mass is 255 g/mol. The second-order valence-corrected chi connectivity index (χ2v) is 4.47. The van der Waals surface area contributed by atoms with Gasteiger partial charge in [-0.1, -0.05) is 30.3 Å². The predicted octanol–water partition coefficient (Wildman–Crippen LogP) is 1.52. The highest BCUT2D eigenvalue weighted by Crippen LogP contribution is 2.15. The molecule has 1 aromatic carbocycles. The zero-order valence-electron chi connectivity index (χ0n) is 10.7. The molecule has 0 atom stereocenters. The SMILES string of the molecule is c1ccc(-c2cnc(CNC3=NCCCN3)[nH]2)cc1. The average molecular weight is 255 g/mol. The number of guanidine groups is 1. The van der Waals surface area contributed by atoms with Gasteiger partial charge >= 0.3 is 0 Å². The van der Waals surface area contributed by atoms with Crippen molar-refractivity contribution < 1.29 is 0 Å². The van der Waals surface area contributed by atoms with Crippen LogP contribution in [0.4, 0.5) is 0 Å². The molecule has 1 aliphatic rings. The molecule has 5 heteroatoms. The molecule has 0 fully saturated rings. The number of aromatic amines is 1. The van der Waals surface area contributed by atoms with Crippen molar-refractivity contribution in [3.8, 4) is 11.3 Å². The lowest BCUT2D eigenvalue weighted by Gasteiger charge is -2.15. The van der Waals surface area contributed by atoms with Gasteiger partial charge in [-0.05, 0) is 12.0 Å². The molecule has 0 spiro atoms. The Morgan fingerprint density at radius 3 is 2.89 bits per heavy atom. The van der Waals surface area contributed by atoms with Crippen LogP contribution in [-0.2, 0) is 6.54 Å². The fraction of sp³-hybridized carbons (Fsp3) is 0.286. The van der Waals surface area contributed by atoms with Gasteiger partial charge in [0.1, 0.15) is 5.82 Å². The minimum absolute atomic E-state index is 0.651. The highest BCUT2D eigenvalue weighted by Gasteiger charge is 2.05. The summed E-state index contributed by atoms with van der Waals surface area (Å²) in [6.45, 7) is 2.53. The molecule has 0 aliphatic carbocycles. The lowest BCUT2D eigenvalue weighted by atomic mass is 10.2. The molecule has 0 unspecified atom stereocenters. The summed E-state index contributed by atoms with van der Waals surface area (Å²) in [4.78, 5) is 12.1. The first-order chi connectivity index (χ1) is 9.42. The number of aromatic nitrogens is 2. The van der Waals surface area contributed by atoms with Crippen LogP contribution in [0.1, 0.15) is 12.2 Å². The van der Waals surface area contributed by atoms with E-state index in [0.29, 0.717) is 6.54 Å². The fourth-order valence-corrected chi connectivity index (χ4v) is 2.04. The van der Waals surface area contributed by atoms with Gasteiger partial charge in [-0.15, -0.1) is 0 Å². The number of hydrogen-bond acceptors (Lipinski definition) is 4. The second kappa shape index (κ2) is 5.56. The Labute approximate surface area is 112 Å². The third kappa shape index (κ3) is 2.93. The zero-order chi connectivity index (χ0) is 12.9. The van der Waals surface area contributed by atoms with E-state index in [1.165, 1.54) is 0 Å². The van der Waals surface area contributed by atoms with Gasteiger partial charge in [0.15, 0.2) is 5.96 Å². The van der Waals surface area contributed by atoms with E-state index >= 15 is 0 Å². The van der Waals surface area contributed by atoms with Gasteiger partial charge in [0.2, 0.25) is 0 Å². The third-order valence-corrected chi connectivity index (χ3v) is 3.03. The van der Waals surface area contributed by atoms with E-state index in [4.69, 9.17) is 0 Å². The van der Waals surface area contributed by atoms with E-state index in [-0.39, 0.29) is 0 Å². The number of imidazole rings is 1. The third-order valence-electron chi connectivity index (χ3n) is 3.03. The Morgan fingerprint density at radius 2 is 2.11 bits per heavy atom. The smallest absolute Gasteiger partial charge is 0.191 e. The van der Waals surface area contributed by atoms with E-state index in [0.717, 1.165) is 42.6 Å². The summed E-state index contributed by atoms with van der Waals surface area (Å²) in [5.41, 5.74) is 2.19. The molecular formula is C14H17N5. The molecule has 2 heterocycles. The van der Waals surface area contributed by atoms with E-state index in [2.05, 4.69) is 37.7 Å².